The fraction of sp³-hybridized carbons (Fsp3) is 0.300. The number of hydrogen-bond acceptors (Lipinski definition) is 3. The van der Waals surface area contributed by atoms with Crippen LogP contribution in [-0.4, -0.2) is 47.8 Å². The second-order valence-electron chi connectivity index (χ2n) is 6.54. The number of carbonyl (C=O) groups excluding carboxylic acids is 2. The maximum atomic E-state index is 12.7. The summed E-state index contributed by atoms with van der Waals surface area (Å²) in [6.45, 7) is 4.01. The van der Waals surface area contributed by atoms with E-state index >= 15 is 0 Å². The summed E-state index contributed by atoms with van der Waals surface area (Å²) in [5.41, 5.74) is 3.93. The van der Waals surface area contributed by atoms with Crippen molar-refractivity contribution in [1.82, 2.24) is 15.1 Å². The van der Waals surface area contributed by atoms with Crippen LogP contribution in [0.25, 0.3) is 0 Å². The zero-order valence-electron chi connectivity index (χ0n) is 14.1. The van der Waals surface area contributed by atoms with E-state index in [-0.39, 0.29) is 11.8 Å². The summed E-state index contributed by atoms with van der Waals surface area (Å²) in [7, 11) is 0. The van der Waals surface area contributed by atoms with Gasteiger partial charge in [0.05, 0.1) is 0 Å². The van der Waals surface area contributed by atoms with Crippen LogP contribution in [-0.2, 0) is 13.1 Å². The Morgan fingerprint density at radius 3 is 2.00 bits per heavy atom. The van der Waals surface area contributed by atoms with Gasteiger partial charge in [-0.2, -0.15) is 0 Å². The standard InChI is InChI=1S/C20H21N3O2/c24-19(15-4-2-1-3-5-15)22-8-10-23(11-9-22)20(25)16-6-7-17-13-21-14-18(17)12-16/h1-7,12,21H,8-11,13-14H2. The highest BCUT2D eigenvalue weighted by atomic mass is 16.2. The third-order valence-electron chi connectivity index (χ3n) is 4.96. The Morgan fingerprint density at radius 2 is 1.32 bits per heavy atom. The molecule has 1 saturated heterocycles. The van der Waals surface area contributed by atoms with Crippen molar-refractivity contribution in [2.24, 2.45) is 0 Å². The van der Waals surface area contributed by atoms with E-state index in [1.165, 1.54) is 11.1 Å². The van der Waals surface area contributed by atoms with Gasteiger partial charge in [0.2, 0.25) is 0 Å². The molecule has 128 valence electrons. The number of piperazine rings is 1. The third kappa shape index (κ3) is 3.15. The topological polar surface area (TPSA) is 52.7 Å². The minimum absolute atomic E-state index is 0.0382. The Bertz CT molecular complexity index is 796. The molecule has 25 heavy (non-hydrogen) atoms. The van der Waals surface area contributed by atoms with Crippen molar-refractivity contribution in [3.8, 4) is 0 Å². The van der Waals surface area contributed by atoms with Crippen molar-refractivity contribution in [3.63, 3.8) is 0 Å². The lowest BCUT2D eigenvalue weighted by molar-refractivity contribution is 0.0535. The van der Waals surface area contributed by atoms with E-state index in [4.69, 9.17) is 0 Å². The van der Waals surface area contributed by atoms with E-state index in [1.54, 1.807) is 0 Å². The van der Waals surface area contributed by atoms with Crippen molar-refractivity contribution in [2.45, 2.75) is 13.1 Å². The van der Waals surface area contributed by atoms with Crippen LogP contribution in [0.3, 0.4) is 0 Å². The smallest absolute Gasteiger partial charge is 0.253 e. The van der Waals surface area contributed by atoms with E-state index < -0.39 is 0 Å². The highest BCUT2D eigenvalue weighted by Gasteiger charge is 2.26. The van der Waals surface area contributed by atoms with Crippen LogP contribution < -0.4 is 5.32 Å². The lowest BCUT2D eigenvalue weighted by Gasteiger charge is -2.35. The van der Waals surface area contributed by atoms with Crippen LogP contribution in [0, 0.1) is 0 Å². The molecule has 5 nitrogen and oxygen atoms in total. The molecule has 0 spiro atoms. The number of nitrogens with one attached hydrogen (secondary N) is 1. The van der Waals surface area contributed by atoms with E-state index in [0.717, 1.165) is 18.7 Å². The van der Waals surface area contributed by atoms with Crippen LogP contribution in [0.5, 0.6) is 0 Å². The fourth-order valence-corrected chi connectivity index (χ4v) is 3.49. The zero-order chi connectivity index (χ0) is 17.2. The van der Waals surface area contributed by atoms with Crippen LogP contribution in [0.1, 0.15) is 31.8 Å². The first-order valence-electron chi connectivity index (χ1n) is 8.68. The van der Waals surface area contributed by atoms with Crippen molar-refractivity contribution in [1.29, 1.82) is 0 Å². The fourth-order valence-electron chi connectivity index (χ4n) is 3.49. The van der Waals surface area contributed by atoms with Gasteiger partial charge in [-0.05, 0) is 35.4 Å². The maximum absolute atomic E-state index is 12.7. The first-order chi connectivity index (χ1) is 12.2. The molecule has 0 saturated carbocycles. The second kappa shape index (κ2) is 6.69. The highest BCUT2D eigenvalue weighted by molar-refractivity contribution is 5.96. The predicted molar refractivity (Wildman–Crippen MR) is 95.2 cm³/mol. The molecule has 0 unspecified atom stereocenters. The number of amides is 2. The molecule has 0 atom stereocenters. The molecule has 0 aromatic heterocycles. The Kier molecular flexibility index (Phi) is 4.24. The number of hydrogen-bond donors (Lipinski definition) is 1. The zero-order valence-corrected chi connectivity index (χ0v) is 14.1. The molecule has 0 bridgehead atoms. The number of nitrogens with zero attached hydrogens (tertiary/aromatic N) is 2. The van der Waals surface area contributed by atoms with E-state index in [0.29, 0.717) is 31.7 Å². The maximum Gasteiger partial charge on any atom is 0.253 e. The number of rotatable bonds is 2. The molecule has 2 aromatic carbocycles. The van der Waals surface area contributed by atoms with Gasteiger partial charge < -0.3 is 15.1 Å². The summed E-state index contributed by atoms with van der Waals surface area (Å²) < 4.78 is 0. The average Bonchev–Trinajstić information content (AvgIpc) is 3.15. The minimum Gasteiger partial charge on any atom is -0.335 e. The predicted octanol–water partition coefficient (Wildman–Crippen LogP) is 1.89. The molecule has 2 aliphatic heterocycles. The molecule has 0 aliphatic carbocycles. The molecule has 2 aliphatic rings. The van der Waals surface area contributed by atoms with Crippen molar-refractivity contribution in [3.05, 3.63) is 70.8 Å². The molecular formula is C20H21N3O2. The van der Waals surface area contributed by atoms with Crippen molar-refractivity contribution in [2.75, 3.05) is 26.2 Å². The molecule has 1 N–H and O–H groups in total. The Hall–Kier alpha value is -2.66. The molecule has 2 amide bonds. The first kappa shape index (κ1) is 15.8. The van der Waals surface area contributed by atoms with Gasteiger partial charge in [-0.25, -0.2) is 0 Å². The summed E-state index contributed by atoms with van der Waals surface area (Å²) in [5, 5.41) is 3.30. The van der Waals surface area contributed by atoms with Crippen LogP contribution in [0.2, 0.25) is 0 Å². The molecule has 4 rings (SSSR count). The average molecular weight is 335 g/mol. The monoisotopic (exact) mass is 335 g/mol. The van der Waals surface area contributed by atoms with Crippen LogP contribution >= 0.6 is 0 Å². The lowest BCUT2D eigenvalue weighted by atomic mass is 10.1. The second-order valence-corrected chi connectivity index (χ2v) is 6.54. The van der Waals surface area contributed by atoms with Crippen molar-refractivity contribution < 1.29 is 9.59 Å². The molecule has 1 fully saturated rings. The SMILES string of the molecule is O=C(c1ccccc1)N1CCN(C(=O)c2ccc3c(c2)CNC3)CC1. The Morgan fingerprint density at radius 1 is 0.720 bits per heavy atom. The summed E-state index contributed by atoms with van der Waals surface area (Å²) in [5.74, 6) is 0.0952. The third-order valence-corrected chi connectivity index (χ3v) is 4.96. The van der Waals surface area contributed by atoms with Crippen molar-refractivity contribution >= 4 is 11.8 Å². The van der Waals surface area contributed by atoms with Gasteiger partial charge in [0.25, 0.3) is 11.8 Å². The van der Waals surface area contributed by atoms with Gasteiger partial charge in [0.1, 0.15) is 0 Å². The largest absolute Gasteiger partial charge is 0.335 e. The minimum atomic E-state index is 0.0382. The Balaban J connectivity index is 1.40. The van der Waals surface area contributed by atoms with Gasteiger partial charge in [-0.15, -0.1) is 0 Å². The quantitative estimate of drug-likeness (QED) is 0.912. The number of carbonyl (C=O) groups is 2. The van der Waals surface area contributed by atoms with E-state index in [1.807, 2.05) is 58.3 Å². The molecule has 0 radical (unpaired) electrons. The molecule has 5 heteroatoms. The summed E-state index contributed by atoms with van der Waals surface area (Å²) in [6, 6.07) is 15.3. The normalized spacial score (nSPS) is 16.6. The van der Waals surface area contributed by atoms with Crippen LogP contribution in [0.15, 0.2) is 48.5 Å². The van der Waals surface area contributed by atoms with Gasteiger partial charge in [-0.1, -0.05) is 24.3 Å². The van der Waals surface area contributed by atoms with Gasteiger partial charge in [0, 0.05) is 50.4 Å². The highest BCUT2D eigenvalue weighted by Crippen LogP contribution is 2.19. The lowest BCUT2D eigenvalue weighted by Crippen LogP contribution is -2.50. The molecule has 2 heterocycles. The van der Waals surface area contributed by atoms with Gasteiger partial charge in [-0.3, -0.25) is 9.59 Å². The first-order valence-corrected chi connectivity index (χ1v) is 8.68. The summed E-state index contributed by atoms with van der Waals surface area (Å²) >= 11 is 0. The Labute approximate surface area is 147 Å². The number of fused-ring (bicyclic) bond motifs is 1. The number of benzene rings is 2. The van der Waals surface area contributed by atoms with E-state index in [2.05, 4.69) is 5.32 Å². The van der Waals surface area contributed by atoms with Gasteiger partial charge >= 0.3 is 0 Å². The van der Waals surface area contributed by atoms with Crippen LogP contribution in [0.4, 0.5) is 0 Å². The molecular weight excluding hydrogens is 314 g/mol. The summed E-state index contributed by atoms with van der Waals surface area (Å²) in [6.07, 6.45) is 0. The summed E-state index contributed by atoms with van der Waals surface area (Å²) in [4.78, 5) is 28.9. The molecule has 2 aromatic rings. The van der Waals surface area contributed by atoms with E-state index in [9.17, 15) is 9.59 Å². The van der Waals surface area contributed by atoms with Gasteiger partial charge in [0.15, 0.2) is 0 Å².